The number of benzene rings is 1. The molecule has 0 aliphatic rings. The Morgan fingerprint density at radius 1 is 1.32 bits per heavy atom. The van der Waals surface area contributed by atoms with Gasteiger partial charge in [-0.2, -0.15) is 5.10 Å². The molecular formula is C17H19N5O3. The summed E-state index contributed by atoms with van der Waals surface area (Å²) in [5, 5.41) is 7.27. The molecule has 0 unspecified atom stereocenters. The minimum atomic E-state index is -0.208. The van der Waals surface area contributed by atoms with Crippen LogP contribution in [0.3, 0.4) is 0 Å². The smallest absolute Gasteiger partial charge is 0.264 e. The summed E-state index contributed by atoms with van der Waals surface area (Å²) in [7, 11) is 1.72. The van der Waals surface area contributed by atoms with Gasteiger partial charge in [-0.25, -0.2) is 4.98 Å². The molecule has 0 saturated heterocycles. The zero-order valence-electron chi connectivity index (χ0n) is 14.1. The molecule has 8 heteroatoms. The molecule has 1 aromatic carbocycles. The van der Waals surface area contributed by atoms with Gasteiger partial charge in [-0.3, -0.25) is 18.8 Å². The molecule has 0 aliphatic carbocycles. The number of anilines is 1. The van der Waals surface area contributed by atoms with Gasteiger partial charge in [0.2, 0.25) is 5.91 Å². The van der Waals surface area contributed by atoms with Crippen LogP contribution in [0.5, 0.6) is 5.75 Å². The summed E-state index contributed by atoms with van der Waals surface area (Å²) in [5.74, 6) is 0.416. The lowest BCUT2D eigenvalue weighted by molar-refractivity contribution is -0.116. The number of carbonyl (C=O) groups is 1. The van der Waals surface area contributed by atoms with Crippen molar-refractivity contribution in [1.29, 1.82) is 0 Å². The summed E-state index contributed by atoms with van der Waals surface area (Å²) < 4.78 is 8.44. The summed E-state index contributed by atoms with van der Waals surface area (Å²) in [5.41, 5.74) is 0.930. The number of aryl methyl sites for hydroxylation is 2. The van der Waals surface area contributed by atoms with Crippen molar-refractivity contribution in [3.63, 3.8) is 0 Å². The minimum Gasteiger partial charge on any atom is -0.492 e. The lowest BCUT2D eigenvalue weighted by Gasteiger charge is -2.11. The van der Waals surface area contributed by atoms with Crippen LogP contribution in [0.1, 0.15) is 13.3 Å². The number of amides is 1. The average molecular weight is 341 g/mol. The van der Waals surface area contributed by atoms with Gasteiger partial charge in [0.25, 0.3) is 5.56 Å². The van der Waals surface area contributed by atoms with Gasteiger partial charge in [-0.05, 0) is 19.1 Å². The Morgan fingerprint density at radius 2 is 2.12 bits per heavy atom. The number of carbonyl (C=O) groups excluding carboxylic acids is 1. The number of fused-ring (bicyclic) bond motifs is 1. The van der Waals surface area contributed by atoms with Gasteiger partial charge in [0.1, 0.15) is 11.1 Å². The summed E-state index contributed by atoms with van der Waals surface area (Å²) >= 11 is 0. The predicted molar refractivity (Wildman–Crippen MR) is 93.6 cm³/mol. The Kier molecular flexibility index (Phi) is 4.78. The molecule has 0 radical (unpaired) electrons. The van der Waals surface area contributed by atoms with E-state index < -0.39 is 0 Å². The Morgan fingerprint density at radius 3 is 2.92 bits per heavy atom. The van der Waals surface area contributed by atoms with Gasteiger partial charge in [0, 0.05) is 20.0 Å². The third-order valence-electron chi connectivity index (χ3n) is 3.76. The molecule has 130 valence electrons. The molecule has 1 N–H and O–H groups in total. The van der Waals surface area contributed by atoms with E-state index in [2.05, 4.69) is 15.4 Å². The quantitative estimate of drug-likeness (QED) is 0.735. The summed E-state index contributed by atoms with van der Waals surface area (Å²) in [6, 6.07) is 7.24. The van der Waals surface area contributed by atoms with E-state index in [4.69, 9.17) is 4.74 Å². The number of ether oxygens (including phenoxy) is 1. The van der Waals surface area contributed by atoms with E-state index >= 15 is 0 Å². The molecule has 0 atom stereocenters. The second-order valence-corrected chi connectivity index (χ2v) is 5.48. The molecule has 2 heterocycles. The first-order valence-electron chi connectivity index (χ1n) is 7.99. The molecule has 0 spiro atoms. The van der Waals surface area contributed by atoms with Crippen LogP contribution >= 0.6 is 0 Å². The lowest BCUT2D eigenvalue weighted by Crippen LogP contribution is -2.23. The minimum absolute atomic E-state index is 0.147. The van der Waals surface area contributed by atoms with E-state index in [0.29, 0.717) is 29.1 Å². The van der Waals surface area contributed by atoms with Crippen molar-refractivity contribution in [2.45, 2.75) is 19.9 Å². The Balaban J connectivity index is 1.69. The van der Waals surface area contributed by atoms with Crippen molar-refractivity contribution >= 4 is 22.6 Å². The van der Waals surface area contributed by atoms with Crippen molar-refractivity contribution in [1.82, 2.24) is 19.3 Å². The highest BCUT2D eigenvalue weighted by Gasteiger charge is 2.11. The highest BCUT2D eigenvalue weighted by Crippen LogP contribution is 2.23. The lowest BCUT2D eigenvalue weighted by atomic mass is 10.2. The molecule has 25 heavy (non-hydrogen) atoms. The molecule has 1 amide bonds. The maximum absolute atomic E-state index is 12.4. The number of nitrogens with one attached hydrogen (secondary N) is 1. The fraction of sp³-hybridized carbons (Fsp3) is 0.294. The van der Waals surface area contributed by atoms with Crippen molar-refractivity contribution in [2.24, 2.45) is 7.05 Å². The fourth-order valence-corrected chi connectivity index (χ4v) is 2.51. The zero-order valence-corrected chi connectivity index (χ0v) is 14.1. The highest BCUT2D eigenvalue weighted by molar-refractivity contribution is 5.92. The van der Waals surface area contributed by atoms with Gasteiger partial charge in [-0.15, -0.1) is 0 Å². The Bertz CT molecular complexity index is 960. The van der Waals surface area contributed by atoms with E-state index in [1.807, 2.05) is 19.1 Å². The van der Waals surface area contributed by atoms with E-state index in [1.165, 1.54) is 17.1 Å². The van der Waals surface area contributed by atoms with Crippen LogP contribution in [0, 0.1) is 0 Å². The molecule has 0 aliphatic heterocycles. The van der Waals surface area contributed by atoms with Crippen molar-refractivity contribution < 1.29 is 9.53 Å². The zero-order chi connectivity index (χ0) is 17.8. The molecule has 2 aromatic heterocycles. The molecule has 8 nitrogen and oxygen atoms in total. The average Bonchev–Trinajstić information content (AvgIpc) is 2.98. The Hall–Kier alpha value is -3.16. The first kappa shape index (κ1) is 16.7. The molecule has 0 saturated carbocycles. The standard InChI is InChI=1S/C17H19N5O3/c1-3-25-14-7-5-4-6-13(14)20-15(23)8-9-22-11-18-16-12(17(22)24)10-19-21(16)2/h4-7,10-11H,3,8-9H2,1-2H3,(H,20,23). The van der Waals surface area contributed by atoms with Crippen molar-refractivity contribution in [2.75, 3.05) is 11.9 Å². The van der Waals surface area contributed by atoms with Crippen LogP contribution < -0.4 is 15.6 Å². The molecule has 0 bridgehead atoms. The van der Waals surface area contributed by atoms with E-state index in [1.54, 1.807) is 23.9 Å². The number of aromatic nitrogens is 4. The van der Waals surface area contributed by atoms with Gasteiger partial charge >= 0.3 is 0 Å². The van der Waals surface area contributed by atoms with Gasteiger partial charge in [-0.1, -0.05) is 12.1 Å². The fourth-order valence-electron chi connectivity index (χ4n) is 2.51. The van der Waals surface area contributed by atoms with Gasteiger partial charge in [0.05, 0.1) is 24.8 Å². The van der Waals surface area contributed by atoms with Crippen LogP contribution in [-0.2, 0) is 18.4 Å². The molecule has 3 aromatic rings. The second kappa shape index (κ2) is 7.16. The van der Waals surface area contributed by atoms with E-state index in [0.717, 1.165) is 0 Å². The number of hydrogen-bond acceptors (Lipinski definition) is 5. The van der Waals surface area contributed by atoms with Crippen LogP contribution in [0.15, 0.2) is 41.6 Å². The maximum Gasteiger partial charge on any atom is 0.264 e. The maximum atomic E-state index is 12.4. The second-order valence-electron chi connectivity index (χ2n) is 5.48. The van der Waals surface area contributed by atoms with Crippen molar-refractivity contribution in [3.8, 4) is 5.75 Å². The third kappa shape index (κ3) is 3.52. The number of nitrogens with zero attached hydrogens (tertiary/aromatic N) is 4. The van der Waals surface area contributed by atoms with E-state index in [-0.39, 0.29) is 24.4 Å². The molecular weight excluding hydrogens is 322 g/mol. The normalized spacial score (nSPS) is 10.8. The monoisotopic (exact) mass is 341 g/mol. The van der Waals surface area contributed by atoms with Crippen LogP contribution in [0.4, 0.5) is 5.69 Å². The van der Waals surface area contributed by atoms with Gasteiger partial charge < -0.3 is 10.1 Å². The molecule has 0 fully saturated rings. The van der Waals surface area contributed by atoms with Crippen molar-refractivity contribution in [3.05, 3.63) is 47.1 Å². The van der Waals surface area contributed by atoms with Crippen LogP contribution in [-0.4, -0.2) is 31.8 Å². The SMILES string of the molecule is CCOc1ccccc1NC(=O)CCn1cnc2c(cnn2C)c1=O. The highest BCUT2D eigenvalue weighted by atomic mass is 16.5. The first-order chi connectivity index (χ1) is 12.1. The number of hydrogen-bond donors (Lipinski definition) is 1. The summed E-state index contributed by atoms with van der Waals surface area (Å²) in [6.45, 7) is 2.63. The topological polar surface area (TPSA) is 91.0 Å². The van der Waals surface area contributed by atoms with E-state index in [9.17, 15) is 9.59 Å². The first-order valence-corrected chi connectivity index (χ1v) is 7.99. The largest absolute Gasteiger partial charge is 0.492 e. The molecule has 3 rings (SSSR count). The van der Waals surface area contributed by atoms with Crippen LogP contribution in [0.25, 0.3) is 11.0 Å². The van der Waals surface area contributed by atoms with Gasteiger partial charge in [0.15, 0.2) is 5.65 Å². The summed E-state index contributed by atoms with van der Waals surface area (Å²) in [4.78, 5) is 28.8. The predicted octanol–water partition coefficient (Wildman–Crippen LogP) is 1.56. The number of para-hydroxylation sites is 2. The third-order valence-corrected chi connectivity index (χ3v) is 3.76. The summed E-state index contributed by atoms with van der Waals surface area (Å²) in [6.07, 6.45) is 3.07. The number of rotatable bonds is 6. The Labute approximate surface area is 144 Å². The van der Waals surface area contributed by atoms with Crippen LogP contribution in [0.2, 0.25) is 0 Å².